The van der Waals surface area contributed by atoms with Crippen molar-refractivity contribution >= 4 is 22.2 Å². The van der Waals surface area contributed by atoms with Crippen LogP contribution in [0.2, 0.25) is 0 Å². The molecule has 1 aliphatic carbocycles. The summed E-state index contributed by atoms with van der Waals surface area (Å²) in [5.41, 5.74) is -0.170. The van der Waals surface area contributed by atoms with Crippen LogP contribution in [-0.4, -0.2) is 6.29 Å². The molecule has 0 saturated heterocycles. The highest BCUT2D eigenvalue weighted by molar-refractivity contribution is 9.10. The number of carbonyl (C=O) groups is 1. The van der Waals surface area contributed by atoms with Gasteiger partial charge in [-0.1, -0.05) is 6.92 Å². The number of halogens is 1. The van der Waals surface area contributed by atoms with E-state index in [2.05, 4.69) is 22.9 Å². The first-order valence-corrected chi connectivity index (χ1v) is 6.13. The topological polar surface area (TPSA) is 30.2 Å². The van der Waals surface area contributed by atoms with Crippen LogP contribution in [0, 0.1) is 11.3 Å². The highest BCUT2D eigenvalue weighted by Gasteiger charge is 2.38. The van der Waals surface area contributed by atoms with Gasteiger partial charge in [-0.2, -0.15) is 0 Å². The maximum atomic E-state index is 11.2. The van der Waals surface area contributed by atoms with Gasteiger partial charge in [-0.05, 0) is 53.2 Å². The fourth-order valence-electron chi connectivity index (χ4n) is 2.53. The largest absolute Gasteiger partial charge is 0.454 e. The Balaban J connectivity index is 2.12. The maximum Gasteiger partial charge on any atom is 0.169 e. The van der Waals surface area contributed by atoms with Gasteiger partial charge in [0.25, 0.3) is 0 Å². The fraction of sp³-hybridized carbons (Fsp3) is 0.583. The van der Waals surface area contributed by atoms with Gasteiger partial charge in [0.1, 0.15) is 12.0 Å². The molecule has 1 aromatic rings. The van der Waals surface area contributed by atoms with Crippen LogP contribution >= 0.6 is 15.9 Å². The predicted molar refractivity (Wildman–Crippen MR) is 61.6 cm³/mol. The van der Waals surface area contributed by atoms with Crippen molar-refractivity contribution < 1.29 is 9.21 Å². The quantitative estimate of drug-likeness (QED) is 0.786. The summed E-state index contributed by atoms with van der Waals surface area (Å²) in [6.07, 6.45) is 5.02. The van der Waals surface area contributed by atoms with Gasteiger partial charge in [0.2, 0.25) is 0 Å². The molecule has 2 unspecified atom stereocenters. The number of furan rings is 1. The Labute approximate surface area is 98.2 Å². The van der Waals surface area contributed by atoms with E-state index in [-0.39, 0.29) is 5.41 Å². The zero-order chi connectivity index (χ0) is 10.9. The second kappa shape index (κ2) is 4.12. The number of aldehydes is 1. The van der Waals surface area contributed by atoms with Gasteiger partial charge in [-0.25, -0.2) is 0 Å². The molecule has 0 aromatic carbocycles. The molecule has 0 N–H and O–H groups in total. The molecule has 0 bridgehead atoms. The molecule has 2 nitrogen and oxygen atoms in total. The molecule has 0 radical (unpaired) electrons. The van der Waals surface area contributed by atoms with E-state index in [9.17, 15) is 4.79 Å². The molecule has 1 heterocycles. The Hall–Kier alpha value is -0.570. The minimum absolute atomic E-state index is 0.170. The van der Waals surface area contributed by atoms with E-state index in [0.29, 0.717) is 5.92 Å². The molecule has 82 valence electrons. The summed E-state index contributed by atoms with van der Waals surface area (Å²) in [6.45, 7) is 2.21. The minimum atomic E-state index is -0.170. The SMILES string of the molecule is CC1CCC(C=O)(Cc2ccc(Br)o2)C1. The van der Waals surface area contributed by atoms with Crippen LogP contribution < -0.4 is 0 Å². The number of hydrogen-bond acceptors (Lipinski definition) is 2. The van der Waals surface area contributed by atoms with Crippen LogP contribution in [0.5, 0.6) is 0 Å². The van der Waals surface area contributed by atoms with Crippen molar-refractivity contribution in [3.8, 4) is 0 Å². The monoisotopic (exact) mass is 270 g/mol. The molecular formula is C12H15BrO2. The lowest BCUT2D eigenvalue weighted by Crippen LogP contribution is -2.21. The molecular weight excluding hydrogens is 256 g/mol. The van der Waals surface area contributed by atoms with Crippen LogP contribution in [0.15, 0.2) is 21.2 Å². The number of carbonyl (C=O) groups excluding carboxylic acids is 1. The van der Waals surface area contributed by atoms with Crippen LogP contribution in [0.25, 0.3) is 0 Å². The van der Waals surface area contributed by atoms with Gasteiger partial charge >= 0.3 is 0 Å². The number of hydrogen-bond donors (Lipinski definition) is 0. The second-order valence-electron chi connectivity index (χ2n) is 4.71. The molecule has 1 aromatic heterocycles. The first-order chi connectivity index (χ1) is 7.13. The maximum absolute atomic E-state index is 11.2. The third-order valence-corrected chi connectivity index (χ3v) is 3.72. The summed E-state index contributed by atoms with van der Waals surface area (Å²) in [7, 11) is 0. The summed E-state index contributed by atoms with van der Waals surface area (Å²) < 4.78 is 6.21. The Kier molecular flexibility index (Phi) is 3.01. The predicted octanol–water partition coefficient (Wildman–Crippen LogP) is 3.59. The Morgan fingerprint density at radius 3 is 2.93 bits per heavy atom. The normalized spacial score (nSPS) is 30.7. The van der Waals surface area contributed by atoms with Crippen LogP contribution in [0.3, 0.4) is 0 Å². The average molecular weight is 271 g/mol. The molecule has 1 aliphatic rings. The first kappa shape index (κ1) is 10.9. The molecule has 1 saturated carbocycles. The standard InChI is InChI=1S/C12H15BrO2/c1-9-4-5-12(6-9,8-14)7-10-2-3-11(13)15-10/h2-3,8-9H,4-7H2,1H3. The molecule has 1 fully saturated rings. The molecule has 0 amide bonds. The van der Waals surface area contributed by atoms with E-state index < -0.39 is 0 Å². The Morgan fingerprint density at radius 2 is 2.47 bits per heavy atom. The van der Waals surface area contributed by atoms with Crippen molar-refractivity contribution in [3.63, 3.8) is 0 Å². The van der Waals surface area contributed by atoms with Gasteiger partial charge in [-0.3, -0.25) is 0 Å². The average Bonchev–Trinajstić information content (AvgIpc) is 2.75. The summed E-state index contributed by atoms with van der Waals surface area (Å²) >= 11 is 3.28. The zero-order valence-corrected chi connectivity index (χ0v) is 10.4. The first-order valence-electron chi connectivity index (χ1n) is 5.34. The second-order valence-corrected chi connectivity index (χ2v) is 5.49. The van der Waals surface area contributed by atoms with Crippen LogP contribution in [-0.2, 0) is 11.2 Å². The van der Waals surface area contributed by atoms with Crippen LogP contribution in [0.4, 0.5) is 0 Å². The lowest BCUT2D eigenvalue weighted by Gasteiger charge is -2.20. The smallest absolute Gasteiger partial charge is 0.169 e. The van der Waals surface area contributed by atoms with Gasteiger partial charge in [0.05, 0.1) is 0 Å². The Morgan fingerprint density at radius 1 is 1.67 bits per heavy atom. The molecule has 15 heavy (non-hydrogen) atoms. The van der Waals surface area contributed by atoms with Crippen molar-refractivity contribution in [2.75, 3.05) is 0 Å². The van der Waals surface area contributed by atoms with Crippen LogP contribution in [0.1, 0.15) is 31.9 Å². The van der Waals surface area contributed by atoms with E-state index in [1.54, 1.807) is 0 Å². The lowest BCUT2D eigenvalue weighted by molar-refractivity contribution is -0.116. The van der Waals surface area contributed by atoms with E-state index in [0.717, 1.165) is 42.4 Å². The molecule has 2 atom stereocenters. The van der Waals surface area contributed by atoms with Crippen molar-refractivity contribution in [1.82, 2.24) is 0 Å². The van der Waals surface area contributed by atoms with Crippen molar-refractivity contribution in [2.24, 2.45) is 11.3 Å². The van der Waals surface area contributed by atoms with Gasteiger partial charge in [-0.15, -0.1) is 0 Å². The molecule has 2 rings (SSSR count). The van der Waals surface area contributed by atoms with Crippen molar-refractivity contribution in [1.29, 1.82) is 0 Å². The van der Waals surface area contributed by atoms with Gasteiger partial charge < -0.3 is 9.21 Å². The third-order valence-electron chi connectivity index (χ3n) is 3.30. The summed E-state index contributed by atoms with van der Waals surface area (Å²) in [5, 5.41) is 0. The minimum Gasteiger partial charge on any atom is -0.454 e. The Bertz CT molecular complexity index is 358. The highest BCUT2D eigenvalue weighted by Crippen LogP contribution is 2.42. The molecule has 0 spiro atoms. The van der Waals surface area contributed by atoms with E-state index in [4.69, 9.17) is 4.42 Å². The summed E-state index contributed by atoms with van der Waals surface area (Å²) in [6, 6.07) is 3.82. The lowest BCUT2D eigenvalue weighted by atomic mass is 9.83. The molecule has 3 heteroatoms. The number of rotatable bonds is 3. The van der Waals surface area contributed by atoms with E-state index in [1.807, 2.05) is 12.1 Å². The summed E-state index contributed by atoms with van der Waals surface area (Å²) in [5.74, 6) is 1.57. The van der Waals surface area contributed by atoms with Crippen molar-refractivity contribution in [3.05, 3.63) is 22.6 Å². The highest BCUT2D eigenvalue weighted by atomic mass is 79.9. The third kappa shape index (κ3) is 2.33. The van der Waals surface area contributed by atoms with Gasteiger partial charge in [0.15, 0.2) is 4.67 Å². The summed E-state index contributed by atoms with van der Waals surface area (Å²) in [4.78, 5) is 11.2. The molecule has 0 aliphatic heterocycles. The van der Waals surface area contributed by atoms with Gasteiger partial charge in [0, 0.05) is 11.8 Å². The van der Waals surface area contributed by atoms with E-state index in [1.165, 1.54) is 0 Å². The van der Waals surface area contributed by atoms with Crippen molar-refractivity contribution in [2.45, 2.75) is 32.6 Å². The van der Waals surface area contributed by atoms with E-state index >= 15 is 0 Å². The fourth-order valence-corrected chi connectivity index (χ4v) is 2.88. The zero-order valence-electron chi connectivity index (χ0n) is 8.83.